The molecular formula is C21H28ClN5O2. The van der Waals surface area contributed by atoms with Crippen molar-refractivity contribution in [3.8, 4) is 5.69 Å². The number of benzene rings is 1. The third kappa shape index (κ3) is 4.62. The minimum absolute atomic E-state index is 0. The van der Waals surface area contributed by atoms with Gasteiger partial charge in [0.1, 0.15) is 0 Å². The maximum absolute atomic E-state index is 13.3. The molecule has 0 radical (unpaired) electrons. The number of nitrogens with two attached hydrogens (primary N) is 1. The summed E-state index contributed by atoms with van der Waals surface area (Å²) in [4.78, 5) is 27.4. The smallest absolute Gasteiger partial charge is 0.257 e. The molecule has 1 atom stereocenters. The van der Waals surface area contributed by atoms with Gasteiger partial charge in [-0.3, -0.25) is 9.59 Å². The molecule has 7 nitrogen and oxygen atoms in total. The third-order valence-electron chi connectivity index (χ3n) is 5.52. The summed E-state index contributed by atoms with van der Waals surface area (Å²) in [5.41, 5.74) is 8.12. The number of para-hydroxylation sites is 1. The lowest BCUT2D eigenvalue weighted by atomic mass is 9.96. The van der Waals surface area contributed by atoms with Crippen LogP contribution in [0.2, 0.25) is 0 Å². The van der Waals surface area contributed by atoms with Crippen LogP contribution < -0.4 is 11.1 Å². The highest BCUT2D eigenvalue weighted by molar-refractivity contribution is 5.96. The van der Waals surface area contributed by atoms with E-state index < -0.39 is 0 Å². The number of carbonyl (C=O) groups is 2. The van der Waals surface area contributed by atoms with Gasteiger partial charge in [0.2, 0.25) is 5.91 Å². The third-order valence-corrected chi connectivity index (χ3v) is 5.52. The zero-order chi connectivity index (χ0) is 19.5. The number of likely N-dealkylation sites (tertiary alicyclic amines) is 1. The number of amides is 2. The summed E-state index contributed by atoms with van der Waals surface area (Å²) in [7, 11) is 0. The predicted octanol–water partition coefficient (Wildman–Crippen LogP) is 2.10. The Bertz CT molecular complexity index is 850. The minimum atomic E-state index is -0.169. The summed E-state index contributed by atoms with van der Waals surface area (Å²) < 4.78 is 1.90. The molecule has 2 amide bonds. The van der Waals surface area contributed by atoms with Gasteiger partial charge in [0.15, 0.2) is 0 Å². The van der Waals surface area contributed by atoms with Gasteiger partial charge in [-0.05, 0) is 37.8 Å². The van der Waals surface area contributed by atoms with Crippen molar-refractivity contribution in [1.29, 1.82) is 0 Å². The van der Waals surface area contributed by atoms with Gasteiger partial charge in [0.05, 0.1) is 29.1 Å². The number of aromatic nitrogens is 2. The number of nitrogens with one attached hydrogen (secondary N) is 1. The molecule has 1 saturated carbocycles. The van der Waals surface area contributed by atoms with Crippen molar-refractivity contribution in [3.05, 3.63) is 47.8 Å². The largest absolute Gasteiger partial charge is 0.355 e. The van der Waals surface area contributed by atoms with Gasteiger partial charge in [-0.15, -0.1) is 12.4 Å². The van der Waals surface area contributed by atoms with E-state index in [0.29, 0.717) is 37.7 Å². The van der Waals surface area contributed by atoms with E-state index in [-0.39, 0.29) is 30.1 Å². The van der Waals surface area contributed by atoms with Gasteiger partial charge in [-0.1, -0.05) is 18.2 Å². The van der Waals surface area contributed by atoms with Gasteiger partial charge in [-0.2, -0.15) is 5.10 Å². The van der Waals surface area contributed by atoms with E-state index in [2.05, 4.69) is 10.4 Å². The molecule has 156 valence electrons. The second-order valence-electron chi connectivity index (χ2n) is 7.64. The zero-order valence-electron chi connectivity index (χ0n) is 16.4. The number of hydrogen-bond acceptors (Lipinski definition) is 4. The van der Waals surface area contributed by atoms with E-state index >= 15 is 0 Å². The highest BCUT2D eigenvalue weighted by atomic mass is 35.5. The normalized spacial score (nSPS) is 18.8. The number of piperidine rings is 1. The van der Waals surface area contributed by atoms with Crippen LogP contribution >= 0.6 is 12.4 Å². The predicted molar refractivity (Wildman–Crippen MR) is 113 cm³/mol. The van der Waals surface area contributed by atoms with Crippen molar-refractivity contribution in [2.24, 2.45) is 11.7 Å². The molecule has 1 aliphatic heterocycles. The minimum Gasteiger partial charge on any atom is -0.355 e. The fourth-order valence-electron chi connectivity index (χ4n) is 3.93. The van der Waals surface area contributed by atoms with Crippen LogP contribution in [0.5, 0.6) is 0 Å². The first-order valence-corrected chi connectivity index (χ1v) is 10.1. The highest BCUT2D eigenvalue weighted by Gasteiger charge is 2.36. The van der Waals surface area contributed by atoms with E-state index in [0.717, 1.165) is 37.1 Å². The quantitative estimate of drug-likeness (QED) is 0.752. The van der Waals surface area contributed by atoms with Gasteiger partial charge >= 0.3 is 0 Å². The number of halogens is 1. The maximum Gasteiger partial charge on any atom is 0.257 e. The summed E-state index contributed by atoms with van der Waals surface area (Å²) in [6.45, 7) is 2.03. The van der Waals surface area contributed by atoms with Gasteiger partial charge in [-0.25, -0.2) is 4.68 Å². The monoisotopic (exact) mass is 417 g/mol. The summed E-state index contributed by atoms with van der Waals surface area (Å²) in [6, 6.07) is 9.94. The summed E-state index contributed by atoms with van der Waals surface area (Å²) in [5.74, 6) is 0.193. The first kappa shape index (κ1) is 21.3. The zero-order valence-corrected chi connectivity index (χ0v) is 17.2. The average molecular weight is 418 g/mol. The van der Waals surface area contributed by atoms with Crippen molar-refractivity contribution in [1.82, 2.24) is 20.0 Å². The van der Waals surface area contributed by atoms with E-state index in [4.69, 9.17) is 5.73 Å². The fourth-order valence-corrected chi connectivity index (χ4v) is 3.93. The van der Waals surface area contributed by atoms with E-state index in [1.807, 2.05) is 39.9 Å². The average Bonchev–Trinajstić information content (AvgIpc) is 3.50. The Balaban J connectivity index is 0.00000240. The first-order chi connectivity index (χ1) is 13.7. The van der Waals surface area contributed by atoms with Gasteiger partial charge in [0, 0.05) is 32.1 Å². The lowest BCUT2D eigenvalue weighted by molar-refractivity contribution is -0.126. The molecule has 29 heavy (non-hydrogen) atoms. The van der Waals surface area contributed by atoms with Crippen LogP contribution in [-0.4, -0.2) is 52.7 Å². The summed E-state index contributed by atoms with van der Waals surface area (Å²) in [6.07, 6.45) is 5.50. The van der Waals surface area contributed by atoms with Crippen molar-refractivity contribution in [3.63, 3.8) is 0 Å². The Morgan fingerprint density at radius 3 is 2.62 bits per heavy atom. The lowest BCUT2D eigenvalue weighted by Gasteiger charge is -2.32. The Kier molecular flexibility index (Phi) is 6.92. The molecule has 2 heterocycles. The molecule has 1 unspecified atom stereocenters. The fraction of sp³-hybridized carbons (Fsp3) is 0.476. The van der Waals surface area contributed by atoms with Crippen LogP contribution in [0.1, 0.15) is 47.7 Å². The highest BCUT2D eigenvalue weighted by Crippen LogP contribution is 2.42. The number of hydrogen-bond donors (Lipinski definition) is 2. The Labute approximate surface area is 177 Å². The van der Waals surface area contributed by atoms with E-state index in [1.54, 1.807) is 6.20 Å². The number of rotatable bonds is 6. The molecule has 2 fully saturated rings. The van der Waals surface area contributed by atoms with E-state index in [1.165, 1.54) is 0 Å². The van der Waals surface area contributed by atoms with Gasteiger partial charge in [0.25, 0.3) is 5.91 Å². The molecule has 2 aromatic rings. The van der Waals surface area contributed by atoms with Crippen molar-refractivity contribution in [2.75, 3.05) is 26.2 Å². The Morgan fingerprint density at radius 1 is 1.17 bits per heavy atom. The van der Waals surface area contributed by atoms with Crippen LogP contribution in [0, 0.1) is 5.92 Å². The molecular weight excluding hydrogens is 390 g/mol. The molecule has 3 N–H and O–H groups in total. The Morgan fingerprint density at radius 2 is 1.93 bits per heavy atom. The molecule has 1 saturated heterocycles. The number of carbonyl (C=O) groups excluding carboxylic acids is 2. The topological polar surface area (TPSA) is 93.2 Å². The maximum atomic E-state index is 13.3. The standard InChI is InChI=1S/C21H27N5O2.ClH/c22-10-11-23-20(27)16-5-4-12-25(14-16)21(28)18-13-24-26(19(18)15-8-9-15)17-6-2-1-3-7-17;/h1-3,6-7,13,15-16H,4-5,8-12,14,22H2,(H,23,27);1H. The van der Waals surface area contributed by atoms with Crippen LogP contribution in [0.15, 0.2) is 36.5 Å². The molecule has 8 heteroatoms. The lowest BCUT2D eigenvalue weighted by Crippen LogP contribution is -2.46. The molecule has 2 aliphatic rings. The molecule has 0 spiro atoms. The van der Waals surface area contributed by atoms with Crippen LogP contribution in [0.4, 0.5) is 0 Å². The summed E-state index contributed by atoms with van der Waals surface area (Å²) >= 11 is 0. The first-order valence-electron chi connectivity index (χ1n) is 10.1. The van der Waals surface area contributed by atoms with E-state index in [9.17, 15) is 9.59 Å². The van der Waals surface area contributed by atoms with Crippen LogP contribution in [0.25, 0.3) is 5.69 Å². The molecule has 1 aliphatic carbocycles. The molecule has 0 bridgehead atoms. The molecule has 4 rings (SSSR count). The second-order valence-corrected chi connectivity index (χ2v) is 7.64. The Hall–Kier alpha value is -2.38. The van der Waals surface area contributed by atoms with Crippen LogP contribution in [-0.2, 0) is 4.79 Å². The van der Waals surface area contributed by atoms with Crippen LogP contribution in [0.3, 0.4) is 0 Å². The van der Waals surface area contributed by atoms with Crippen molar-refractivity contribution in [2.45, 2.75) is 31.6 Å². The second kappa shape index (κ2) is 9.41. The van der Waals surface area contributed by atoms with Crippen molar-refractivity contribution >= 4 is 24.2 Å². The SMILES string of the molecule is Cl.NCCNC(=O)C1CCCN(C(=O)c2cnn(-c3ccccc3)c2C2CC2)C1. The van der Waals surface area contributed by atoms with Gasteiger partial charge < -0.3 is 16.0 Å². The molecule has 1 aromatic carbocycles. The number of nitrogens with zero attached hydrogens (tertiary/aromatic N) is 3. The van der Waals surface area contributed by atoms with Crippen molar-refractivity contribution < 1.29 is 9.59 Å². The molecule has 1 aromatic heterocycles. The summed E-state index contributed by atoms with van der Waals surface area (Å²) in [5, 5.41) is 7.38.